The first-order valence-electron chi connectivity index (χ1n) is 9.60. The molecule has 1 atom stereocenters. The number of esters is 1. The summed E-state index contributed by atoms with van der Waals surface area (Å²) in [5.74, 6) is -0.450. The number of carbonyl (C=O) groups excluding carboxylic acids is 2. The van der Waals surface area contributed by atoms with Crippen molar-refractivity contribution in [3.05, 3.63) is 90.1 Å². The fourth-order valence-corrected chi connectivity index (χ4v) is 3.32. The van der Waals surface area contributed by atoms with Crippen LogP contribution < -0.4 is 5.32 Å². The first kappa shape index (κ1) is 19.4. The molecule has 0 saturated heterocycles. The second-order valence-corrected chi connectivity index (χ2v) is 6.90. The van der Waals surface area contributed by atoms with Gasteiger partial charge in [-0.05, 0) is 41.5 Å². The molecule has 0 aliphatic carbocycles. The SMILES string of the molecule is CC(NC(=O)COC(=O)c1ccc(Cn2cccn2)o1)c1cccc2ccccc12. The Morgan fingerprint density at radius 3 is 2.77 bits per heavy atom. The van der Waals surface area contributed by atoms with Crippen LogP contribution in [0.3, 0.4) is 0 Å². The van der Waals surface area contributed by atoms with Gasteiger partial charge in [0.25, 0.3) is 5.91 Å². The van der Waals surface area contributed by atoms with E-state index in [2.05, 4.69) is 10.4 Å². The summed E-state index contributed by atoms with van der Waals surface area (Å²) in [6.07, 6.45) is 3.46. The highest BCUT2D eigenvalue weighted by molar-refractivity contribution is 5.89. The molecule has 1 amide bonds. The van der Waals surface area contributed by atoms with Crippen LogP contribution in [-0.4, -0.2) is 28.3 Å². The third kappa shape index (κ3) is 4.41. The van der Waals surface area contributed by atoms with E-state index in [4.69, 9.17) is 9.15 Å². The molecule has 4 rings (SSSR count). The van der Waals surface area contributed by atoms with Gasteiger partial charge in [-0.15, -0.1) is 0 Å². The first-order valence-corrected chi connectivity index (χ1v) is 9.60. The van der Waals surface area contributed by atoms with E-state index in [1.165, 1.54) is 6.07 Å². The highest BCUT2D eigenvalue weighted by atomic mass is 16.5. The van der Waals surface area contributed by atoms with Gasteiger partial charge in [-0.1, -0.05) is 42.5 Å². The molecule has 0 saturated carbocycles. The molecule has 2 aromatic carbocycles. The maximum absolute atomic E-state index is 12.3. The third-order valence-electron chi connectivity index (χ3n) is 4.74. The van der Waals surface area contributed by atoms with Crippen LogP contribution in [0.1, 0.15) is 34.8 Å². The number of aromatic nitrogens is 2. The Balaban J connectivity index is 1.32. The molecular weight excluding hydrogens is 382 g/mol. The summed E-state index contributed by atoms with van der Waals surface area (Å²) in [7, 11) is 0. The van der Waals surface area contributed by atoms with Crippen molar-refractivity contribution in [2.45, 2.75) is 19.5 Å². The van der Waals surface area contributed by atoms with Crippen LogP contribution in [0, 0.1) is 0 Å². The number of fused-ring (bicyclic) bond motifs is 1. The number of benzene rings is 2. The Bertz CT molecular complexity index is 1160. The summed E-state index contributed by atoms with van der Waals surface area (Å²) in [5.41, 5.74) is 1.00. The molecule has 4 aromatic rings. The zero-order chi connectivity index (χ0) is 20.9. The number of nitrogens with one attached hydrogen (secondary N) is 1. The summed E-state index contributed by atoms with van der Waals surface area (Å²) in [4.78, 5) is 24.5. The number of nitrogens with zero attached hydrogens (tertiary/aromatic N) is 2. The average Bonchev–Trinajstić information content (AvgIpc) is 3.44. The smallest absolute Gasteiger partial charge is 0.374 e. The van der Waals surface area contributed by atoms with Gasteiger partial charge in [0.05, 0.1) is 12.6 Å². The predicted molar refractivity (Wildman–Crippen MR) is 111 cm³/mol. The largest absolute Gasteiger partial charge is 0.452 e. The molecule has 0 radical (unpaired) electrons. The second-order valence-electron chi connectivity index (χ2n) is 6.90. The lowest BCUT2D eigenvalue weighted by Crippen LogP contribution is -2.31. The van der Waals surface area contributed by atoms with Crippen molar-refractivity contribution in [1.82, 2.24) is 15.1 Å². The van der Waals surface area contributed by atoms with Crippen molar-refractivity contribution in [2.75, 3.05) is 6.61 Å². The molecule has 2 heterocycles. The van der Waals surface area contributed by atoms with Gasteiger partial charge in [0, 0.05) is 12.4 Å². The van der Waals surface area contributed by atoms with E-state index in [1.807, 2.05) is 49.4 Å². The second kappa shape index (κ2) is 8.65. The van der Waals surface area contributed by atoms with Crippen molar-refractivity contribution in [3.8, 4) is 0 Å². The molecule has 0 aliphatic rings. The topological polar surface area (TPSA) is 86.4 Å². The van der Waals surface area contributed by atoms with Gasteiger partial charge in [0.15, 0.2) is 6.61 Å². The van der Waals surface area contributed by atoms with E-state index in [9.17, 15) is 9.59 Å². The number of carbonyl (C=O) groups is 2. The number of hydrogen-bond donors (Lipinski definition) is 1. The fraction of sp³-hybridized carbons (Fsp3) is 0.174. The van der Waals surface area contributed by atoms with Crippen LogP contribution >= 0.6 is 0 Å². The molecule has 1 unspecified atom stereocenters. The minimum atomic E-state index is -0.685. The van der Waals surface area contributed by atoms with E-state index in [1.54, 1.807) is 29.2 Å². The standard InChI is InChI=1S/C23H21N3O4/c1-16(19-9-4-7-17-6-2-3-8-20(17)19)25-22(27)15-29-23(28)21-11-10-18(30-21)14-26-13-5-12-24-26/h2-13,16H,14-15H2,1H3,(H,25,27). The van der Waals surface area contributed by atoms with Crippen LogP contribution in [0.25, 0.3) is 10.8 Å². The number of ether oxygens (including phenoxy) is 1. The van der Waals surface area contributed by atoms with Crippen LogP contribution in [0.5, 0.6) is 0 Å². The molecule has 0 aliphatic heterocycles. The van der Waals surface area contributed by atoms with Gasteiger partial charge in [-0.2, -0.15) is 5.10 Å². The lowest BCUT2D eigenvalue weighted by molar-refractivity contribution is -0.124. The zero-order valence-electron chi connectivity index (χ0n) is 16.4. The molecule has 2 aromatic heterocycles. The normalized spacial score (nSPS) is 11.9. The molecule has 30 heavy (non-hydrogen) atoms. The van der Waals surface area contributed by atoms with Gasteiger partial charge < -0.3 is 14.5 Å². The fourth-order valence-electron chi connectivity index (χ4n) is 3.32. The first-order chi connectivity index (χ1) is 14.6. The molecule has 7 nitrogen and oxygen atoms in total. The maximum Gasteiger partial charge on any atom is 0.374 e. The van der Waals surface area contributed by atoms with Gasteiger partial charge in [-0.25, -0.2) is 4.79 Å². The summed E-state index contributed by atoms with van der Waals surface area (Å²) in [6.45, 7) is 1.92. The van der Waals surface area contributed by atoms with Gasteiger partial charge in [0.2, 0.25) is 5.76 Å². The van der Waals surface area contributed by atoms with Gasteiger partial charge in [0.1, 0.15) is 5.76 Å². The molecule has 152 valence electrons. The van der Waals surface area contributed by atoms with Gasteiger partial charge >= 0.3 is 5.97 Å². The number of hydrogen-bond acceptors (Lipinski definition) is 5. The van der Waals surface area contributed by atoms with E-state index >= 15 is 0 Å². The van der Waals surface area contributed by atoms with Crippen LogP contribution in [-0.2, 0) is 16.1 Å². The zero-order valence-corrected chi connectivity index (χ0v) is 16.4. The Hall–Kier alpha value is -3.87. The summed E-state index contributed by atoms with van der Waals surface area (Å²) >= 11 is 0. The highest BCUT2D eigenvalue weighted by Gasteiger charge is 2.17. The van der Waals surface area contributed by atoms with Crippen molar-refractivity contribution in [2.24, 2.45) is 0 Å². The average molecular weight is 403 g/mol. The van der Waals surface area contributed by atoms with Crippen LogP contribution in [0.2, 0.25) is 0 Å². The Morgan fingerprint density at radius 2 is 1.93 bits per heavy atom. The monoisotopic (exact) mass is 403 g/mol. The van der Waals surface area contributed by atoms with Gasteiger partial charge in [-0.3, -0.25) is 9.48 Å². The highest BCUT2D eigenvalue weighted by Crippen LogP contribution is 2.24. The summed E-state index contributed by atoms with van der Waals surface area (Å²) in [6, 6.07) is 18.7. The van der Waals surface area contributed by atoms with Crippen molar-refractivity contribution in [1.29, 1.82) is 0 Å². The minimum Gasteiger partial charge on any atom is -0.452 e. The minimum absolute atomic E-state index is 0.0482. The summed E-state index contributed by atoms with van der Waals surface area (Å²) < 4.78 is 12.3. The quantitative estimate of drug-likeness (QED) is 0.476. The lowest BCUT2D eigenvalue weighted by atomic mass is 10.00. The molecule has 0 spiro atoms. The Kier molecular flexibility index (Phi) is 5.61. The van der Waals surface area contributed by atoms with Crippen molar-refractivity contribution < 1.29 is 18.7 Å². The molecule has 1 N–H and O–H groups in total. The van der Waals surface area contributed by atoms with E-state index < -0.39 is 5.97 Å². The third-order valence-corrected chi connectivity index (χ3v) is 4.74. The summed E-state index contributed by atoms with van der Waals surface area (Å²) in [5, 5.41) is 9.13. The van der Waals surface area contributed by atoms with Crippen LogP contribution in [0.4, 0.5) is 0 Å². The lowest BCUT2D eigenvalue weighted by Gasteiger charge is -2.16. The number of furan rings is 1. The van der Waals surface area contributed by atoms with E-state index in [0.717, 1.165) is 16.3 Å². The molecule has 7 heteroatoms. The van der Waals surface area contributed by atoms with Crippen molar-refractivity contribution in [3.63, 3.8) is 0 Å². The molecule has 0 bridgehead atoms. The van der Waals surface area contributed by atoms with E-state index in [-0.39, 0.29) is 24.3 Å². The Morgan fingerprint density at radius 1 is 1.10 bits per heavy atom. The number of amides is 1. The Labute approximate surface area is 173 Å². The molecule has 0 fully saturated rings. The van der Waals surface area contributed by atoms with Crippen molar-refractivity contribution >= 4 is 22.6 Å². The predicted octanol–water partition coefficient (Wildman–Crippen LogP) is 3.71. The van der Waals surface area contributed by atoms with E-state index in [0.29, 0.717) is 12.3 Å². The maximum atomic E-state index is 12.3. The molecular formula is C23H21N3O4. The van der Waals surface area contributed by atoms with Crippen LogP contribution in [0.15, 0.2) is 77.5 Å². The number of rotatable bonds is 7.